The van der Waals surface area contributed by atoms with Crippen molar-refractivity contribution in [1.82, 2.24) is 43.4 Å². The van der Waals surface area contributed by atoms with Gasteiger partial charge >= 0.3 is 14.3 Å². The lowest BCUT2D eigenvalue weighted by atomic mass is 9.70. The highest BCUT2D eigenvalue weighted by atomic mass is 32.5. The summed E-state index contributed by atoms with van der Waals surface area (Å²) in [6.07, 6.45) is 6.03. The summed E-state index contributed by atoms with van der Waals surface area (Å²) >= 11 is 5.35. The van der Waals surface area contributed by atoms with Gasteiger partial charge in [0.1, 0.15) is 23.6 Å². The molecule has 3 fully saturated rings. The Balaban J connectivity index is 1.08. The van der Waals surface area contributed by atoms with Gasteiger partial charge in [-0.25, -0.2) is 29.3 Å². The van der Waals surface area contributed by atoms with Crippen molar-refractivity contribution >= 4 is 60.0 Å². The van der Waals surface area contributed by atoms with Crippen LogP contribution in [0.4, 0.5) is 5.82 Å². The van der Waals surface area contributed by atoms with Gasteiger partial charge < -0.3 is 43.0 Å². The minimum atomic E-state index is -3.69. The van der Waals surface area contributed by atoms with Crippen molar-refractivity contribution in [3.8, 4) is 0 Å². The van der Waals surface area contributed by atoms with Gasteiger partial charge in [0, 0.05) is 37.4 Å². The van der Waals surface area contributed by atoms with Crippen LogP contribution in [0.5, 0.6) is 0 Å². The number of anilines is 1. The molecule has 4 N–H and O–H groups in total. The third-order valence-electron chi connectivity index (χ3n) is 8.60. The van der Waals surface area contributed by atoms with E-state index in [4.69, 9.17) is 40.4 Å². The van der Waals surface area contributed by atoms with Crippen LogP contribution in [0.2, 0.25) is 0 Å². The van der Waals surface area contributed by atoms with E-state index in [9.17, 15) is 14.3 Å². The normalized spacial score (nSPS) is 34.5. The molecule has 2 saturated heterocycles. The highest BCUT2D eigenvalue weighted by Crippen LogP contribution is 2.55. The molecule has 8 atom stereocenters. The molecule has 5 aromatic heterocycles. The van der Waals surface area contributed by atoms with Crippen molar-refractivity contribution in [2.24, 2.45) is 11.8 Å². The van der Waals surface area contributed by atoms with Crippen LogP contribution < -0.4 is 11.3 Å². The van der Waals surface area contributed by atoms with Crippen molar-refractivity contribution in [3.05, 3.63) is 41.7 Å². The van der Waals surface area contributed by atoms with E-state index in [1.54, 1.807) is 10.9 Å². The molecule has 8 rings (SSSR count). The molecule has 7 heterocycles. The van der Waals surface area contributed by atoms with Gasteiger partial charge in [0.15, 0.2) is 23.2 Å². The van der Waals surface area contributed by atoms with Crippen LogP contribution in [-0.2, 0) is 39.2 Å². The standard InChI is InChI=1S/C24H28N10O8P2S/c1-43(36)38-6-12-4-15(33-10-29-17-19(25)27-9-28-20(17)33)14(12)8-40-44(37,45)39-7-13-5-16(42-43)23(41-13)34-11-30-18-21(34)31-24-26-2-3-32(24)22(18)35/h2-3,9-16,23H,4-8H2,1H3,(H,26,31)(H,37,45)(H2,25,27,28)/t12-,13+,14-,15-,16-,23-,43+,44?/m1/s1. The highest BCUT2D eigenvalue weighted by Gasteiger charge is 2.47. The second kappa shape index (κ2) is 10.7. The minimum absolute atomic E-state index is 0.0506. The molecular formula is C24H28N10O8P2S. The molecule has 1 unspecified atom stereocenters. The molecule has 45 heavy (non-hydrogen) atoms. The SMILES string of the molecule is C[P@]1(=O)OC[C@H]2C[C@@H](n3cnc4c(N)ncnc43)[C@@H]2COP(O)(=S)OC[C@@H]2C[C@@H](O1)[C@H](n1cnc3c(=O)n4ccnc4[nH]c31)O2. The van der Waals surface area contributed by atoms with Crippen molar-refractivity contribution in [2.45, 2.75) is 37.3 Å². The lowest BCUT2D eigenvalue weighted by Crippen LogP contribution is -2.43. The quantitative estimate of drug-likeness (QED) is 0.226. The first-order valence-electron chi connectivity index (χ1n) is 14.1. The number of imidazole rings is 3. The molecular weight excluding hydrogens is 650 g/mol. The van der Waals surface area contributed by atoms with Gasteiger partial charge in [-0.05, 0) is 24.1 Å². The number of nitrogens with two attached hydrogens (primary N) is 1. The fraction of sp³-hybridized carbons (Fsp3) is 0.500. The first kappa shape index (κ1) is 29.3. The van der Waals surface area contributed by atoms with E-state index in [0.717, 1.165) is 0 Å². The van der Waals surface area contributed by atoms with Gasteiger partial charge in [-0.1, -0.05) is 0 Å². The molecule has 0 amide bonds. The van der Waals surface area contributed by atoms with E-state index in [2.05, 4.69) is 29.9 Å². The smallest absolute Gasteiger partial charge is 0.328 e. The van der Waals surface area contributed by atoms with E-state index in [-0.39, 0.29) is 61.0 Å². The number of hydrogen-bond donors (Lipinski definition) is 3. The number of H-pyrrole nitrogens is 1. The first-order valence-corrected chi connectivity index (χ1v) is 18.7. The van der Waals surface area contributed by atoms with Crippen LogP contribution in [0.15, 0.2) is 36.2 Å². The molecule has 1 saturated carbocycles. The summed E-state index contributed by atoms with van der Waals surface area (Å²) in [6.45, 7) is -2.24. The number of nitrogen functional groups attached to an aromatic ring is 1. The lowest BCUT2D eigenvalue weighted by molar-refractivity contribution is -0.0441. The van der Waals surface area contributed by atoms with Gasteiger partial charge in [-0.3, -0.25) is 13.9 Å². The zero-order chi connectivity index (χ0) is 31.1. The first-order chi connectivity index (χ1) is 21.6. The van der Waals surface area contributed by atoms with Gasteiger partial charge in [-0.15, -0.1) is 0 Å². The number of aromatic nitrogens is 9. The molecule has 18 nitrogen and oxygen atoms in total. The second-order valence-electron chi connectivity index (χ2n) is 11.4. The predicted molar refractivity (Wildman–Crippen MR) is 161 cm³/mol. The highest BCUT2D eigenvalue weighted by molar-refractivity contribution is 8.07. The summed E-state index contributed by atoms with van der Waals surface area (Å²) in [5.74, 6) is 0.250. The summed E-state index contributed by atoms with van der Waals surface area (Å²) in [7, 11) is -3.63. The lowest BCUT2D eigenvalue weighted by Gasteiger charge is -2.45. The summed E-state index contributed by atoms with van der Waals surface area (Å²) in [4.78, 5) is 48.2. The van der Waals surface area contributed by atoms with Gasteiger partial charge in [0.05, 0.1) is 38.6 Å². The molecule has 0 aromatic carbocycles. The summed E-state index contributed by atoms with van der Waals surface area (Å²) in [5, 5.41) is 0. The summed E-state index contributed by atoms with van der Waals surface area (Å²) < 4.78 is 48.4. The number of fused-ring (bicyclic) bond motifs is 6. The Bertz CT molecular complexity index is 2100. The predicted octanol–water partition coefficient (Wildman–Crippen LogP) is 1.75. The van der Waals surface area contributed by atoms with Crippen LogP contribution in [0.3, 0.4) is 0 Å². The molecule has 0 radical (unpaired) electrons. The Hall–Kier alpha value is -3.12. The van der Waals surface area contributed by atoms with Crippen LogP contribution in [0.25, 0.3) is 28.1 Å². The zero-order valence-corrected chi connectivity index (χ0v) is 26.3. The molecule has 2 aliphatic heterocycles. The molecule has 3 aliphatic rings. The zero-order valence-electron chi connectivity index (χ0n) is 23.6. The van der Waals surface area contributed by atoms with E-state index < -0.39 is 32.8 Å². The maximum Gasteiger partial charge on any atom is 0.328 e. The topological polar surface area (TPSA) is 221 Å². The molecule has 21 heteroatoms. The molecule has 0 spiro atoms. The number of nitrogens with one attached hydrogen (secondary N) is 1. The third-order valence-corrected chi connectivity index (χ3v) is 11.5. The average molecular weight is 679 g/mol. The van der Waals surface area contributed by atoms with Gasteiger partial charge in [0.2, 0.25) is 5.78 Å². The van der Waals surface area contributed by atoms with Crippen LogP contribution in [0.1, 0.15) is 25.1 Å². The Morgan fingerprint density at radius 3 is 2.71 bits per heavy atom. The minimum Gasteiger partial charge on any atom is -0.382 e. The summed E-state index contributed by atoms with van der Waals surface area (Å²) in [6, 6.07) is -0.139. The average Bonchev–Trinajstić information content (AvgIpc) is 3.77. The van der Waals surface area contributed by atoms with E-state index in [1.165, 1.54) is 36.1 Å². The maximum atomic E-state index is 13.7. The number of nitrogens with zero attached hydrogens (tertiary/aromatic N) is 8. The molecule has 2 bridgehead atoms. The molecule has 238 valence electrons. The van der Waals surface area contributed by atoms with Crippen LogP contribution in [-0.4, -0.2) is 87.0 Å². The number of rotatable bonds is 2. The molecule has 1 aliphatic carbocycles. The van der Waals surface area contributed by atoms with Crippen molar-refractivity contribution in [2.75, 3.05) is 32.2 Å². The fourth-order valence-corrected chi connectivity index (χ4v) is 8.69. The van der Waals surface area contributed by atoms with E-state index in [0.29, 0.717) is 29.0 Å². The second-order valence-corrected chi connectivity index (χ2v) is 16.2. The largest absolute Gasteiger partial charge is 0.382 e. The van der Waals surface area contributed by atoms with Crippen LogP contribution >= 0.6 is 14.3 Å². The van der Waals surface area contributed by atoms with Crippen molar-refractivity contribution < 1.29 is 32.3 Å². The monoisotopic (exact) mass is 678 g/mol. The Labute approximate surface area is 258 Å². The third kappa shape index (κ3) is 5.12. The number of aromatic amines is 1. The number of hydrogen-bond acceptors (Lipinski definition) is 14. The van der Waals surface area contributed by atoms with Gasteiger partial charge in [0.25, 0.3) is 5.56 Å². The molecule has 5 aromatic rings. The number of ether oxygens (including phenoxy) is 1. The fourth-order valence-electron chi connectivity index (χ4n) is 6.33. The maximum absolute atomic E-state index is 13.7. The van der Waals surface area contributed by atoms with Crippen molar-refractivity contribution in [1.29, 1.82) is 0 Å². The van der Waals surface area contributed by atoms with Gasteiger partial charge in [-0.2, -0.15) is 0 Å². The van der Waals surface area contributed by atoms with Crippen molar-refractivity contribution in [3.63, 3.8) is 0 Å². The van der Waals surface area contributed by atoms with E-state index >= 15 is 0 Å². The summed E-state index contributed by atoms with van der Waals surface area (Å²) in [5.41, 5.74) is 7.18. The van der Waals surface area contributed by atoms with Crippen LogP contribution in [0, 0.1) is 11.8 Å². The Morgan fingerprint density at radius 2 is 1.84 bits per heavy atom. The van der Waals surface area contributed by atoms with E-state index in [1.807, 2.05) is 4.57 Å². The Kier molecular flexibility index (Phi) is 6.98. The Morgan fingerprint density at radius 1 is 1.04 bits per heavy atom.